The molecule has 1 aliphatic heterocycles. The first-order chi connectivity index (χ1) is 14.6. The maximum Gasteiger partial charge on any atom is 0.265 e. The van der Waals surface area contributed by atoms with E-state index in [-0.39, 0.29) is 5.91 Å². The number of nitrogens with zero attached hydrogens (tertiary/aromatic N) is 2. The van der Waals surface area contributed by atoms with Crippen molar-refractivity contribution in [1.29, 1.82) is 0 Å². The highest BCUT2D eigenvalue weighted by atomic mass is 32.1. The highest BCUT2D eigenvalue weighted by Gasteiger charge is 2.31. The standard InChI is InChI=1S/C23H20N4O2S/c1-13-11-14(2)25-23-18(13)19-20(30-23)22(28)27-21(26-19)16-8-3-4-9-17(16)29-12-15-7-5-6-10-24-15/h3-11,21,26H,12H2,1-2H3,(H,27,28)/t21-/m0/s1. The maximum absolute atomic E-state index is 12.9. The lowest BCUT2D eigenvalue weighted by atomic mass is 10.1. The van der Waals surface area contributed by atoms with E-state index in [9.17, 15) is 4.79 Å². The molecule has 4 heterocycles. The summed E-state index contributed by atoms with van der Waals surface area (Å²) in [6.45, 7) is 4.38. The van der Waals surface area contributed by atoms with Crippen molar-refractivity contribution in [3.8, 4) is 5.75 Å². The number of ether oxygens (including phenoxy) is 1. The molecule has 0 saturated carbocycles. The number of aromatic nitrogens is 2. The molecule has 1 amide bonds. The molecule has 0 bridgehead atoms. The number of carbonyl (C=O) groups excluding carboxylic acids is 1. The first-order valence-corrected chi connectivity index (χ1v) is 10.5. The topological polar surface area (TPSA) is 76.1 Å². The predicted octanol–water partition coefficient (Wildman–Crippen LogP) is 4.74. The zero-order valence-electron chi connectivity index (χ0n) is 16.6. The van der Waals surface area contributed by atoms with E-state index in [1.807, 2.05) is 55.5 Å². The minimum atomic E-state index is -0.400. The fourth-order valence-corrected chi connectivity index (χ4v) is 4.92. The fourth-order valence-electron chi connectivity index (χ4n) is 3.76. The number of carbonyl (C=O) groups is 1. The minimum Gasteiger partial charge on any atom is -0.487 e. The Morgan fingerprint density at radius 1 is 1.10 bits per heavy atom. The van der Waals surface area contributed by atoms with E-state index in [1.165, 1.54) is 11.3 Å². The average Bonchev–Trinajstić information content (AvgIpc) is 3.12. The molecule has 2 N–H and O–H groups in total. The number of thiophene rings is 1. The number of para-hydroxylation sites is 1. The number of nitrogens with one attached hydrogen (secondary N) is 2. The van der Waals surface area contributed by atoms with Crippen molar-refractivity contribution >= 4 is 33.1 Å². The van der Waals surface area contributed by atoms with Crippen LogP contribution in [0.4, 0.5) is 5.69 Å². The monoisotopic (exact) mass is 416 g/mol. The van der Waals surface area contributed by atoms with Crippen LogP contribution in [0.1, 0.15) is 38.4 Å². The maximum atomic E-state index is 12.9. The summed E-state index contributed by atoms with van der Waals surface area (Å²) in [6.07, 6.45) is 1.35. The lowest BCUT2D eigenvalue weighted by Gasteiger charge is -2.28. The Balaban J connectivity index is 1.49. The van der Waals surface area contributed by atoms with E-state index in [0.29, 0.717) is 17.2 Å². The summed E-state index contributed by atoms with van der Waals surface area (Å²) in [5.74, 6) is 0.600. The SMILES string of the molecule is Cc1cc(C)c2c3c(sc2n1)C(=O)N[C@@H](c1ccccc1OCc1ccccn1)N3. The van der Waals surface area contributed by atoms with Gasteiger partial charge in [-0.15, -0.1) is 11.3 Å². The predicted molar refractivity (Wildman–Crippen MR) is 118 cm³/mol. The molecule has 0 radical (unpaired) electrons. The molecule has 0 aliphatic carbocycles. The van der Waals surface area contributed by atoms with Gasteiger partial charge in [-0.05, 0) is 43.7 Å². The quantitative estimate of drug-likeness (QED) is 0.502. The van der Waals surface area contributed by atoms with Crippen molar-refractivity contribution in [2.24, 2.45) is 0 Å². The first-order valence-electron chi connectivity index (χ1n) is 9.70. The van der Waals surface area contributed by atoms with Crippen LogP contribution in [0, 0.1) is 13.8 Å². The second-order valence-corrected chi connectivity index (χ2v) is 8.26. The van der Waals surface area contributed by atoms with Crippen molar-refractivity contribution < 1.29 is 9.53 Å². The molecule has 0 saturated heterocycles. The molecule has 7 heteroatoms. The van der Waals surface area contributed by atoms with Gasteiger partial charge in [0.15, 0.2) is 0 Å². The van der Waals surface area contributed by atoms with Crippen molar-refractivity contribution in [2.45, 2.75) is 26.6 Å². The number of anilines is 1. The van der Waals surface area contributed by atoms with E-state index in [4.69, 9.17) is 4.74 Å². The number of rotatable bonds is 4. The summed E-state index contributed by atoms with van der Waals surface area (Å²) in [5, 5.41) is 7.57. The number of fused-ring (bicyclic) bond motifs is 3. The summed E-state index contributed by atoms with van der Waals surface area (Å²) in [5.41, 5.74) is 4.60. The fraction of sp³-hybridized carbons (Fsp3) is 0.174. The summed E-state index contributed by atoms with van der Waals surface area (Å²) < 4.78 is 6.04. The lowest BCUT2D eigenvalue weighted by Crippen LogP contribution is -2.37. The van der Waals surface area contributed by atoms with Crippen molar-refractivity contribution in [1.82, 2.24) is 15.3 Å². The van der Waals surface area contributed by atoms with Crippen LogP contribution < -0.4 is 15.4 Å². The molecule has 6 nitrogen and oxygen atoms in total. The Bertz CT molecular complexity index is 1250. The van der Waals surface area contributed by atoms with Gasteiger partial charge in [-0.2, -0.15) is 0 Å². The second-order valence-electron chi connectivity index (χ2n) is 7.27. The highest BCUT2D eigenvalue weighted by molar-refractivity contribution is 7.21. The molecular formula is C23H20N4O2S. The van der Waals surface area contributed by atoms with Crippen LogP contribution in [0.3, 0.4) is 0 Å². The van der Waals surface area contributed by atoms with Gasteiger partial charge in [-0.3, -0.25) is 9.78 Å². The highest BCUT2D eigenvalue weighted by Crippen LogP contribution is 2.41. The van der Waals surface area contributed by atoms with E-state index < -0.39 is 6.17 Å². The third-order valence-electron chi connectivity index (χ3n) is 5.09. The Morgan fingerprint density at radius 3 is 2.77 bits per heavy atom. The molecule has 30 heavy (non-hydrogen) atoms. The van der Waals surface area contributed by atoms with E-state index in [2.05, 4.69) is 27.5 Å². The summed E-state index contributed by atoms with van der Waals surface area (Å²) >= 11 is 1.42. The van der Waals surface area contributed by atoms with Crippen LogP contribution in [-0.2, 0) is 6.61 Å². The third kappa shape index (κ3) is 3.27. The second kappa shape index (κ2) is 7.42. The lowest BCUT2D eigenvalue weighted by molar-refractivity contribution is 0.0939. The molecule has 1 aromatic carbocycles. The minimum absolute atomic E-state index is 0.103. The van der Waals surface area contributed by atoms with Gasteiger partial charge >= 0.3 is 0 Å². The smallest absolute Gasteiger partial charge is 0.265 e. The van der Waals surface area contributed by atoms with Crippen LogP contribution in [-0.4, -0.2) is 15.9 Å². The molecule has 1 atom stereocenters. The van der Waals surface area contributed by atoms with Crippen LogP contribution in [0.5, 0.6) is 5.75 Å². The summed E-state index contributed by atoms with van der Waals surface area (Å²) in [4.78, 5) is 23.4. The molecule has 5 rings (SSSR count). The van der Waals surface area contributed by atoms with Crippen LogP contribution in [0.15, 0.2) is 54.7 Å². The molecule has 1 aliphatic rings. The zero-order chi connectivity index (χ0) is 20.7. The number of pyridine rings is 2. The van der Waals surface area contributed by atoms with Gasteiger partial charge in [0.1, 0.15) is 28.2 Å². The molecule has 4 aromatic rings. The number of benzene rings is 1. The Morgan fingerprint density at radius 2 is 1.93 bits per heavy atom. The third-order valence-corrected chi connectivity index (χ3v) is 6.17. The number of aryl methyl sites for hydroxylation is 2. The number of amides is 1. The van der Waals surface area contributed by atoms with Gasteiger partial charge < -0.3 is 15.4 Å². The normalized spacial score (nSPS) is 15.4. The van der Waals surface area contributed by atoms with E-state index >= 15 is 0 Å². The van der Waals surface area contributed by atoms with Crippen LogP contribution >= 0.6 is 11.3 Å². The van der Waals surface area contributed by atoms with Gasteiger partial charge in [-0.25, -0.2) is 4.98 Å². The number of hydrogen-bond acceptors (Lipinski definition) is 6. The first kappa shape index (κ1) is 18.6. The summed E-state index contributed by atoms with van der Waals surface area (Å²) in [6, 6.07) is 15.5. The van der Waals surface area contributed by atoms with Crippen molar-refractivity contribution in [3.63, 3.8) is 0 Å². The van der Waals surface area contributed by atoms with Crippen molar-refractivity contribution in [2.75, 3.05) is 5.32 Å². The van der Waals surface area contributed by atoms with E-state index in [1.54, 1.807) is 6.20 Å². The van der Waals surface area contributed by atoms with Crippen LogP contribution in [0.25, 0.3) is 10.2 Å². The molecular weight excluding hydrogens is 396 g/mol. The Hall–Kier alpha value is -3.45. The van der Waals surface area contributed by atoms with Gasteiger partial charge in [0.05, 0.1) is 11.4 Å². The molecule has 150 valence electrons. The molecule has 3 aromatic heterocycles. The largest absolute Gasteiger partial charge is 0.487 e. The zero-order valence-corrected chi connectivity index (χ0v) is 17.4. The van der Waals surface area contributed by atoms with Gasteiger partial charge in [0.2, 0.25) is 0 Å². The average molecular weight is 417 g/mol. The number of hydrogen-bond donors (Lipinski definition) is 2. The Kier molecular flexibility index (Phi) is 4.59. The molecule has 0 spiro atoms. The van der Waals surface area contributed by atoms with Gasteiger partial charge in [-0.1, -0.05) is 24.3 Å². The van der Waals surface area contributed by atoms with Gasteiger partial charge in [0, 0.05) is 22.8 Å². The molecule has 0 unspecified atom stereocenters. The van der Waals surface area contributed by atoms with Crippen molar-refractivity contribution in [3.05, 3.63) is 82.1 Å². The molecule has 0 fully saturated rings. The summed E-state index contributed by atoms with van der Waals surface area (Å²) in [7, 11) is 0. The van der Waals surface area contributed by atoms with Gasteiger partial charge in [0.25, 0.3) is 5.91 Å². The van der Waals surface area contributed by atoms with Crippen LogP contribution in [0.2, 0.25) is 0 Å². The van der Waals surface area contributed by atoms with E-state index in [0.717, 1.165) is 38.4 Å². The Labute approximate surface area is 178 Å².